The number of carbonyl (C=O) groups is 1. The Morgan fingerprint density at radius 3 is 2.47 bits per heavy atom. The molecule has 0 radical (unpaired) electrons. The third kappa shape index (κ3) is 6.95. The molecule has 2 aliphatic heterocycles. The number of hydrogen-bond donors (Lipinski definition) is 1. The van der Waals surface area contributed by atoms with E-state index < -0.39 is 0 Å². The molecule has 2 aliphatic rings. The van der Waals surface area contributed by atoms with Crippen LogP contribution >= 0.6 is 35.6 Å². The van der Waals surface area contributed by atoms with Gasteiger partial charge in [0.25, 0.3) is 0 Å². The molecule has 1 amide bonds. The Kier molecular flexibility index (Phi) is 10.6. The van der Waals surface area contributed by atoms with Crippen LogP contribution in [0.2, 0.25) is 5.15 Å². The van der Waals surface area contributed by atoms with Crippen LogP contribution in [0.15, 0.2) is 23.3 Å². The maximum atomic E-state index is 12.7. The molecule has 0 saturated carbocycles. The lowest BCUT2D eigenvalue weighted by atomic mass is 10.2. The minimum absolute atomic E-state index is 0. The van der Waals surface area contributed by atoms with Crippen molar-refractivity contribution >= 4 is 47.4 Å². The van der Waals surface area contributed by atoms with Crippen molar-refractivity contribution in [2.45, 2.75) is 39.2 Å². The molecule has 2 fully saturated rings. The van der Waals surface area contributed by atoms with Crippen LogP contribution in [-0.4, -0.2) is 90.0 Å². The van der Waals surface area contributed by atoms with Gasteiger partial charge in [-0.05, 0) is 44.7 Å². The summed E-state index contributed by atoms with van der Waals surface area (Å²) in [6.45, 7) is 11.0. The number of aromatic nitrogens is 1. The van der Waals surface area contributed by atoms with E-state index in [2.05, 4.69) is 33.9 Å². The van der Waals surface area contributed by atoms with Gasteiger partial charge < -0.3 is 15.1 Å². The Morgan fingerprint density at radius 2 is 1.87 bits per heavy atom. The number of carbonyl (C=O) groups excluding carboxylic acids is 1. The quantitative estimate of drug-likeness (QED) is 0.256. The summed E-state index contributed by atoms with van der Waals surface area (Å²) >= 11 is 5.85. The minimum atomic E-state index is -0.0350. The first-order valence-corrected chi connectivity index (χ1v) is 11.1. The first kappa shape index (κ1) is 25.1. The first-order valence-electron chi connectivity index (χ1n) is 10.7. The highest BCUT2D eigenvalue weighted by molar-refractivity contribution is 14.0. The van der Waals surface area contributed by atoms with Crippen LogP contribution in [0.3, 0.4) is 0 Å². The molecule has 2 saturated heterocycles. The summed E-state index contributed by atoms with van der Waals surface area (Å²) in [7, 11) is 0. The fourth-order valence-corrected chi connectivity index (χ4v) is 4.06. The number of likely N-dealkylation sites (tertiary alicyclic amines) is 1. The normalized spacial score (nSPS) is 18.8. The number of halogens is 2. The maximum absolute atomic E-state index is 12.7. The Morgan fingerprint density at radius 1 is 1.17 bits per heavy atom. The van der Waals surface area contributed by atoms with Gasteiger partial charge in [-0.3, -0.25) is 14.7 Å². The molecule has 1 unspecified atom stereocenters. The number of piperazine rings is 1. The number of amides is 1. The molecule has 0 spiro atoms. The van der Waals surface area contributed by atoms with Crippen LogP contribution in [0.4, 0.5) is 0 Å². The Labute approximate surface area is 202 Å². The number of nitrogens with zero attached hydrogens (tertiary/aromatic N) is 5. The number of hydrogen-bond acceptors (Lipinski definition) is 4. The molecule has 3 rings (SSSR count). The standard InChI is InChI=1S/C21H33ClN6O.HI/c1-3-23-21(24-9-8-18-6-7-19(22)25-16-18)28-14-12-26(13-15-28)17(2)20(29)27-10-4-5-11-27;/h6-7,16-17H,3-5,8-15H2,1-2H3,(H,23,24);1H. The van der Waals surface area contributed by atoms with Crippen molar-refractivity contribution in [2.75, 3.05) is 52.4 Å². The van der Waals surface area contributed by atoms with Gasteiger partial charge >= 0.3 is 0 Å². The van der Waals surface area contributed by atoms with Gasteiger partial charge in [0.15, 0.2) is 5.96 Å². The van der Waals surface area contributed by atoms with Crippen molar-refractivity contribution in [1.29, 1.82) is 0 Å². The summed E-state index contributed by atoms with van der Waals surface area (Å²) in [5.41, 5.74) is 1.13. The van der Waals surface area contributed by atoms with E-state index in [-0.39, 0.29) is 35.9 Å². The topological polar surface area (TPSA) is 64.1 Å². The molecular weight excluding hydrogens is 515 g/mol. The molecule has 30 heavy (non-hydrogen) atoms. The second-order valence-corrected chi connectivity index (χ2v) is 8.09. The van der Waals surface area contributed by atoms with Crippen molar-refractivity contribution in [3.63, 3.8) is 0 Å². The lowest BCUT2D eigenvalue weighted by molar-refractivity contribution is -0.135. The van der Waals surface area contributed by atoms with E-state index >= 15 is 0 Å². The zero-order chi connectivity index (χ0) is 20.6. The van der Waals surface area contributed by atoms with E-state index in [0.717, 1.165) is 76.6 Å². The van der Waals surface area contributed by atoms with Gasteiger partial charge in [-0.25, -0.2) is 4.98 Å². The SMILES string of the molecule is CCNC(=NCCc1ccc(Cl)nc1)N1CCN(C(C)C(=O)N2CCCC2)CC1.I. The maximum Gasteiger partial charge on any atom is 0.239 e. The lowest BCUT2D eigenvalue weighted by Gasteiger charge is -2.39. The predicted octanol–water partition coefficient (Wildman–Crippen LogP) is 2.49. The predicted molar refractivity (Wildman–Crippen MR) is 133 cm³/mol. The van der Waals surface area contributed by atoms with Gasteiger partial charge in [0.05, 0.1) is 6.04 Å². The second kappa shape index (κ2) is 12.7. The van der Waals surface area contributed by atoms with Gasteiger partial charge in [-0.1, -0.05) is 17.7 Å². The van der Waals surface area contributed by atoms with Crippen LogP contribution in [-0.2, 0) is 11.2 Å². The number of nitrogens with one attached hydrogen (secondary N) is 1. The van der Waals surface area contributed by atoms with Gasteiger partial charge in [0.1, 0.15) is 5.15 Å². The average molecular weight is 549 g/mol. The number of pyridine rings is 1. The van der Waals surface area contributed by atoms with Crippen LogP contribution < -0.4 is 5.32 Å². The fraction of sp³-hybridized carbons (Fsp3) is 0.667. The molecule has 1 aromatic rings. The molecule has 0 bridgehead atoms. The van der Waals surface area contributed by atoms with Crippen molar-refractivity contribution in [3.05, 3.63) is 29.0 Å². The molecule has 1 N–H and O–H groups in total. The third-order valence-corrected chi connectivity index (χ3v) is 5.95. The van der Waals surface area contributed by atoms with Gasteiger partial charge in [-0.15, -0.1) is 24.0 Å². The van der Waals surface area contributed by atoms with Crippen molar-refractivity contribution in [1.82, 2.24) is 25.0 Å². The average Bonchev–Trinajstić information content (AvgIpc) is 3.28. The zero-order valence-electron chi connectivity index (χ0n) is 18.0. The Bertz CT molecular complexity index is 687. The molecule has 168 valence electrons. The van der Waals surface area contributed by atoms with Crippen molar-refractivity contribution in [3.8, 4) is 0 Å². The van der Waals surface area contributed by atoms with Crippen molar-refractivity contribution in [2.24, 2.45) is 4.99 Å². The number of rotatable bonds is 6. The number of guanidine groups is 1. The third-order valence-electron chi connectivity index (χ3n) is 5.72. The largest absolute Gasteiger partial charge is 0.357 e. The minimum Gasteiger partial charge on any atom is -0.357 e. The molecule has 7 nitrogen and oxygen atoms in total. The highest BCUT2D eigenvalue weighted by Gasteiger charge is 2.30. The highest BCUT2D eigenvalue weighted by atomic mass is 127. The summed E-state index contributed by atoms with van der Waals surface area (Å²) in [5.74, 6) is 1.24. The van der Waals surface area contributed by atoms with E-state index in [0.29, 0.717) is 11.7 Å². The molecule has 0 aromatic carbocycles. The van der Waals surface area contributed by atoms with E-state index in [9.17, 15) is 4.79 Å². The Hall–Kier alpha value is -1.13. The monoisotopic (exact) mass is 548 g/mol. The molecular formula is C21H34ClIN6O. The van der Waals surface area contributed by atoms with Crippen LogP contribution in [0.1, 0.15) is 32.3 Å². The molecule has 1 atom stereocenters. The highest BCUT2D eigenvalue weighted by Crippen LogP contribution is 2.14. The summed E-state index contributed by atoms with van der Waals surface area (Å²) in [5, 5.41) is 3.92. The lowest BCUT2D eigenvalue weighted by Crippen LogP contribution is -2.57. The summed E-state index contributed by atoms with van der Waals surface area (Å²) < 4.78 is 0. The molecule has 3 heterocycles. The second-order valence-electron chi connectivity index (χ2n) is 7.71. The van der Waals surface area contributed by atoms with Gasteiger partial charge in [0.2, 0.25) is 5.91 Å². The van der Waals surface area contributed by atoms with Gasteiger partial charge in [-0.2, -0.15) is 0 Å². The molecule has 1 aromatic heterocycles. The smallest absolute Gasteiger partial charge is 0.239 e. The fourth-order valence-electron chi connectivity index (χ4n) is 3.95. The summed E-state index contributed by atoms with van der Waals surface area (Å²) in [6.07, 6.45) is 4.92. The molecule has 9 heteroatoms. The van der Waals surface area contributed by atoms with E-state index in [4.69, 9.17) is 16.6 Å². The van der Waals surface area contributed by atoms with Gasteiger partial charge in [0, 0.05) is 58.6 Å². The van der Waals surface area contributed by atoms with Crippen LogP contribution in [0.5, 0.6) is 0 Å². The van der Waals surface area contributed by atoms with Crippen LogP contribution in [0, 0.1) is 0 Å². The van der Waals surface area contributed by atoms with E-state index in [1.54, 1.807) is 0 Å². The van der Waals surface area contributed by atoms with Crippen LogP contribution in [0.25, 0.3) is 0 Å². The van der Waals surface area contributed by atoms with Crippen molar-refractivity contribution < 1.29 is 4.79 Å². The Balaban J connectivity index is 0.00000320. The first-order chi connectivity index (χ1) is 14.1. The zero-order valence-corrected chi connectivity index (χ0v) is 21.1. The summed E-state index contributed by atoms with van der Waals surface area (Å²) in [4.78, 5) is 28.2. The van der Waals surface area contributed by atoms with E-state index in [1.165, 1.54) is 0 Å². The number of aliphatic imine (C=N–C) groups is 1. The summed E-state index contributed by atoms with van der Waals surface area (Å²) in [6, 6.07) is 3.78. The molecule has 0 aliphatic carbocycles. The van der Waals surface area contributed by atoms with E-state index in [1.807, 2.05) is 23.2 Å².